The number of nitrogens with zero attached hydrogens (tertiary/aromatic N) is 2. The van der Waals surface area contributed by atoms with Gasteiger partial charge in [-0.25, -0.2) is 0 Å². The number of nitrogens with two attached hydrogens (primary N) is 1. The van der Waals surface area contributed by atoms with Gasteiger partial charge in [0.15, 0.2) is 0 Å². The molecule has 0 fully saturated rings. The molecule has 3 nitrogen and oxygen atoms in total. The summed E-state index contributed by atoms with van der Waals surface area (Å²) in [6.07, 6.45) is 3.90. The standard InChI is InChI=1S/C12H11N3S/c13-5-9-7-3-1-2-4-8(7)12(16)10(6-14)11(9)15/h16H,1-4,15H2. The van der Waals surface area contributed by atoms with Crippen LogP contribution in [0.1, 0.15) is 35.1 Å². The van der Waals surface area contributed by atoms with Crippen LogP contribution in [0, 0.1) is 22.7 Å². The zero-order valence-corrected chi connectivity index (χ0v) is 9.64. The summed E-state index contributed by atoms with van der Waals surface area (Å²) in [4.78, 5) is 0.661. The maximum atomic E-state index is 9.12. The quantitative estimate of drug-likeness (QED) is 0.529. The van der Waals surface area contributed by atoms with E-state index in [1.54, 1.807) is 0 Å². The van der Waals surface area contributed by atoms with Gasteiger partial charge in [0, 0.05) is 4.90 Å². The van der Waals surface area contributed by atoms with E-state index in [-0.39, 0.29) is 5.69 Å². The molecule has 0 heterocycles. The maximum absolute atomic E-state index is 9.12. The van der Waals surface area contributed by atoms with E-state index in [2.05, 4.69) is 18.7 Å². The first-order valence-corrected chi connectivity index (χ1v) is 5.61. The number of hydrogen-bond donors (Lipinski definition) is 2. The van der Waals surface area contributed by atoms with E-state index in [1.165, 1.54) is 0 Å². The van der Waals surface area contributed by atoms with Crippen molar-refractivity contribution >= 4 is 18.3 Å². The fourth-order valence-corrected chi connectivity index (χ4v) is 2.67. The van der Waals surface area contributed by atoms with Gasteiger partial charge in [0.1, 0.15) is 12.1 Å². The Hall–Kier alpha value is -1.65. The van der Waals surface area contributed by atoms with Crippen LogP contribution in [0.4, 0.5) is 5.69 Å². The molecule has 0 saturated carbocycles. The largest absolute Gasteiger partial charge is 0.397 e. The zero-order valence-electron chi connectivity index (χ0n) is 8.75. The predicted octanol–water partition coefficient (Wildman–Crippen LogP) is 2.18. The average molecular weight is 229 g/mol. The first kappa shape index (κ1) is 10.9. The summed E-state index contributed by atoms with van der Waals surface area (Å²) in [5.41, 5.74) is 8.98. The molecule has 0 aromatic heterocycles. The average Bonchev–Trinajstić information content (AvgIpc) is 2.30. The molecule has 0 bridgehead atoms. The van der Waals surface area contributed by atoms with Crippen molar-refractivity contribution < 1.29 is 0 Å². The summed E-state index contributed by atoms with van der Waals surface area (Å²) in [6, 6.07) is 4.15. The van der Waals surface area contributed by atoms with Crippen molar-refractivity contribution in [2.24, 2.45) is 0 Å². The second-order valence-electron chi connectivity index (χ2n) is 3.90. The molecule has 1 aromatic rings. The first-order valence-electron chi connectivity index (χ1n) is 5.17. The number of benzene rings is 1. The summed E-state index contributed by atoms with van der Waals surface area (Å²) < 4.78 is 0. The third-order valence-corrected chi connectivity index (χ3v) is 3.55. The van der Waals surface area contributed by atoms with Gasteiger partial charge in [-0.2, -0.15) is 10.5 Å². The molecule has 0 saturated heterocycles. The lowest BCUT2D eigenvalue weighted by atomic mass is 9.86. The third kappa shape index (κ3) is 1.43. The molecule has 2 N–H and O–H groups in total. The molecule has 0 amide bonds. The van der Waals surface area contributed by atoms with Gasteiger partial charge in [0.05, 0.1) is 16.8 Å². The first-order chi connectivity index (χ1) is 7.70. The van der Waals surface area contributed by atoms with Crippen LogP contribution in [-0.2, 0) is 12.8 Å². The van der Waals surface area contributed by atoms with Crippen molar-refractivity contribution in [2.45, 2.75) is 30.6 Å². The number of hydrogen-bond acceptors (Lipinski definition) is 4. The Morgan fingerprint density at radius 3 is 2.12 bits per heavy atom. The minimum absolute atomic E-state index is 0.288. The Bertz CT molecular complexity index is 535. The summed E-state index contributed by atoms with van der Waals surface area (Å²) in [6.45, 7) is 0. The van der Waals surface area contributed by atoms with E-state index in [9.17, 15) is 0 Å². The number of thiol groups is 1. The highest BCUT2D eigenvalue weighted by atomic mass is 32.1. The second-order valence-corrected chi connectivity index (χ2v) is 4.35. The molecule has 80 valence electrons. The van der Waals surface area contributed by atoms with Crippen LogP contribution in [0.25, 0.3) is 0 Å². The highest BCUT2D eigenvalue weighted by Crippen LogP contribution is 2.36. The van der Waals surface area contributed by atoms with Crippen LogP contribution in [0.3, 0.4) is 0 Å². The van der Waals surface area contributed by atoms with E-state index < -0.39 is 0 Å². The second kappa shape index (κ2) is 4.08. The molecule has 1 aromatic carbocycles. The molecule has 0 aliphatic heterocycles. The zero-order chi connectivity index (χ0) is 11.7. The van der Waals surface area contributed by atoms with Crippen molar-refractivity contribution in [3.05, 3.63) is 22.3 Å². The molecular formula is C12H11N3S. The van der Waals surface area contributed by atoms with Gasteiger partial charge in [0.2, 0.25) is 0 Å². The summed E-state index contributed by atoms with van der Waals surface area (Å²) in [5.74, 6) is 0. The minimum Gasteiger partial charge on any atom is -0.397 e. The lowest BCUT2D eigenvalue weighted by Gasteiger charge is -2.21. The van der Waals surface area contributed by atoms with Gasteiger partial charge in [-0.1, -0.05) is 0 Å². The molecule has 16 heavy (non-hydrogen) atoms. The number of rotatable bonds is 0. The van der Waals surface area contributed by atoms with Crippen molar-refractivity contribution in [3.8, 4) is 12.1 Å². The molecule has 2 rings (SSSR count). The van der Waals surface area contributed by atoms with Crippen molar-refractivity contribution in [2.75, 3.05) is 5.73 Å². The van der Waals surface area contributed by atoms with Gasteiger partial charge in [-0.05, 0) is 36.8 Å². The Balaban J connectivity index is 2.83. The van der Waals surface area contributed by atoms with E-state index in [0.717, 1.165) is 36.8 Å². The molecular weight excluding hydrogens is 218 g/mol. The molecule has 0 atom stereocenters. The SMILES string of the molecule is N#Cc1c(N)c(C#N)c2c(c1S)CCCC2. The van der Waals surface area contributed by atoms with Crippen molar-refractivity contribution in [3.63, 3.8) is 0 Å². The Labute approximate surface area is 99.9 Å². The van der Waals surface area contributed by atoms with E-state index in [1.807, 2.05) is 6.07 Å². The summed E-state index contributed by atoms with van der Waals surface area (Å²) in [7, 11) is 0. The summed E-state index contributed by atoms with van der Waals surface area (Å²) in [5, 5.41) is 18.2. The van der Waals surface area contributed by atoms with E-state index in [4.69, 9.17) is 16.3 Å². The maximum Gasteiger partial charge on any atom is 0.103 e. The van der Waals surface area contributed by atoms with E-state index in [0.29, 0.717) is 16.0 Å². The number of fused-ring (bicyclic) bond motifs is 1. The lowest BCUT2D eigenvalue weighted by Crippen LogP contribution is -2.11. The predicted molar refractivity (Wildman–Crippen MR) is 64.2 cm³/mol. The number of anilines is 1. The summed E-state index contributed by atoms with van der Waals surface area (Å²) >= 11 is 4.37. The Kier molecular flexibility index (Phi) is 2.77. The highest BCUT2D eigenvalue weighted by molar-refractivity contribution is 7.80. The van der Waals surface area contributed by atoms with Crippen LogP contribution in [-0.4, -0.2) is 0 Å². The molecule has 0 unspecified atom stereocenters. The van der Waals surface area contributed by atoms with Crippen LogP contribution in [0.5, 0.6) is 0 Å². The number of nitriles is 2. The normalized spacial score (nSPS) is 13.7. The fraction of sp³-hybridized carbons (Fsp3) is 0.333. The number of nitrogen functional groups attached to an aromatic ring is 1. The van der Waals surface area contributed by atoms with Crippen LogP contribution < -0.4 is 5.73 Å². The molecule has 1 aliphatic carbocycles. The minimum atomic E-state index is 0.288. The monoisotopic (exact) mass is 229 g/mol. The van der Waals surface area contributed by atoms with Gasteiger partial charge < -0.3 is 5.73 Å². The highest BCUT2D eigenvalue weighted by Gasteiger charge is 2.22. The van der Waals surface area contributed by atoms with Gasteiger partial charge >= 0.3 is 0 Å². The van der Waals surface area contributed by atoms with Gasteiger partial charge in [0.25, 0.3) is 0 Å². The van der Waals surface area contributed by atoms with Gasteiger partial charge in [-0.15, -0.1) is 12.6 Å². The molecule has 4 heteroatoms. The topological polar surface area (TPSA) is 73.6 Å². The molecule has 0 radical (unpaired) electrons. The lowest BCUT2D eigenvalue weighted by molar-refractivity contribution is 0.674. The Morgan fingerprint density at radius 1 is 1.00 bits per heavy atom. The third-order valence-electron chi connectivity index (χ3n) is 3.05. The fourth-order valence-electron chi connectivity index (χ4n) is 2.25. The molecule has 1 aliphatic rings. The van der Waals surface area contributed by atoms with Crippen LogP contribution >= 0.6 is 12.6 Å². The van der Waals surface area contributed by atoms with E-state index >= 15 is 0 Å². The van der Waals surface area contributed by atoms with Crippen LogP contribution in [0.2, 0.25) is 0 Å². The van der Waals surface area contributed by atoms with Crippen LogP contribution in [0.15, 0.2) is 4.90 Å². The molecule has 0 spiro atoms. The van der Waals surface area contributed by atoms with Crippen molar-refractivity contribution in [1.29, 1.82) is 10.5 Å². The smallest absolute Gasteiger partial charge is 0.103 e. The van der Waals surface area contributed by atoms with Gasteiger partial charge in [-0.3, -0.25) is 0 Å². The van der Waals surface area contributed by atoms with Crippen molar-refractivity contribution in [1.82, 2.24) is 0 Å². The Morgan fingerprint density at radius 2 is 1.56 bits per heavy atom.